The van der Waals surface area contributed by atoms with Crippen molar-refractivity contribution in [1.29, 1.82) is 0 Å². The summed E-state index contributed by atoms with van der Waals surface area (Å²) in [5, 5.41) is 22.5. The predicted molar refractivity (Wildman–Crippen MR) is 80.5 cm³/mol. The number of aliphatic hydroxyl groups excluding tert-OH is 2. The van der Waals surface area contributed by atoms with E-state index in [2.05, 4.69) is 12.2 Å². The van der Waals surface area contributed by atoms with Gasteiger partial charge >= 0.3 is 0 Å². The van der Waals surface area contributed by atoms with Gasteiger partial charge in [-0.1, -0.05) is 19.4 Å². The summed E-state index contributed by atoms with van der Waals surface area (Å²) >= 11 is 0. The smallest absolute Gasteiger partial charge is 0.231 e. The van der Waals surface area contributed by atoms with Crippen LogP contribution in [0.5, 0.6) is 11.5 Å². The van der Waals surface area contributed by atoms with Gasteiger partial charge in [0.25, 0.3) is 0 Å². The van der Waals surface area contributed by atoms with Gasteiger partial charge in [0.1, 0.15) is 0 Å². The zero-order valence-electron chi connectivity index (χ0n) is 12.5. The number of fused-ring (bicyclic) bond motifs is 1. The molecule has 2 atom stereocenters. The molecule has 0 bridgehead atoms. The van der Waals surface area contributed by atoms with Crippen LogP contribution in [0.15, 0.2) is 18.2 Å². The van der Waals surface area contributed by atoms with Crippen molar-refractivity contribution in [3.8, 4) is 11.5 Å². The molecule has 1 aromatic rings. The summed E-state index contributed by atoms with van der Waals surface area (Å²) < 4.78 is 10.6. The molecule has 0 amide bonds. The van der Waals surface area contributed by atoms with E-state index in [0.717, 1.165) is 37.1 Å². The number of hydrogen-bond acceptors (Lipinski definition) is 5. The first-order valence-electron chi connectivity index (χ1n) is 7.63. The maximum atomic E-state index is 10.2. The van der Waals surface area contributed by atoms with Gasteiger partial charge in [0.15, 0.2) is 11.5 Å². The van der Waals surface area contributed by atoms with Crippen LogP contribution in [-0.4, -0.2) is 36.7 Å². The van der Waals surface area contributed by atoms with E-state index in [1.54, 1.807) is 0 Å². The fourth-order valence-corrected chi connectivity index (χ4v) is 2.60. The van der Waals surface area contributed by atoms with Crippen LogP contribution in [0.3, 0.4) is 0 Å². The average molecular weight is 295 g/mol. The van der Waals surface area contributed by atoms with E-state index in [-0.39, 0.29) is 13.4 Å². The van der Waals surface area contributed by atoms with E-state index in [1.807, 2.05) is 18.2 Å². The Kier molecular flexibility index (Phi) is 6.29. The van der Waals surface area contributed by atoms with Crippen LogP contribution in [-0.2, 0) is 0 Å². The van der Waals surface area contributed by atoms with Gasteiger partial charge in [-0.25, -0.2) is 0 Å². The number of benzene rings is 1. The Hall–Kier alpha value is -1.30. The molecular weight excluding hydrogens is 270 g/mol. The third-order valence-corrected chi connectivity index (χ3v) is 3.79. The van der Waals surface area contributed by atoms with Gasteiger partial charge in [0.05, 0.1) is 6.10 Å². The normalized spacial score (nSPS) is 16.0. The van der Waals surface area contributed by atoms with E-state index < -0.39 is 6.10 Å². The number of aliphatic hydroxyl groups is 2. The van der Waals surface area contributed by atoms with Gasteiger partial charge in [-0.2, -0.15) is 0 Å². The van der Waals surface area contributed by atoms with Crippen molar-refractivity contribution in [3.05, 3.63) is 23.8 Å². The minimum Gasteiger partial charge on any atom is -0.454 e. The second-order valence-corrected chi connectivity index (χ2v) is 5.45. The molecule has 3 N–H and O–H groups in total. The van der Waals surface area contributed by atoms with E-state index in [0.29, 0.717) is 18.2 Å². The minimum absolute atomic E-state index is 0.219. The SMILES string of the molecule is CCCC(CCO)CNCC(O)c1ccc2c(c1)OCO2. The molecule has 1 heterocycles. The third kappa shape index (κ3) is 4.59. The molecule has 2 unspecified atom stereocenters. The lowest BCUT2D eigenvalue weighted by Gasteiger charge is -2.18. The van der Waals surface area contributed by atoms with Crippen LogP contribution in [0.2, 0.25) is 0 Å². The van der Waals surface area contributed by atoms with Crippen LogP contribution in [0.1, 0.15) is 37.9 Å². The maximum absolute atomic E-state index is 10.2. The highest BCUT2D eigenvalue weighted by atomic mass is 16.7. The number of ether oxygens (including phenoxy) is 2. The highest BCUT2D eigenvalue weighted by Crippen LogP contribution is 2.34. The number of hydrogen-bond donors (Lipinski definition) is 3. The summed E-state index contributed by atoms with van der Waals surface area (Å²) in [4.78, 5) is 0. The Labute approximate surface area is 125 Å². The van der Waals surface area contributed by atoms with E-state index in [1.165, 1.54) is 0 Å². The first-order valence-corrected chi connectivity index (χ1v) is 7.63. The molecule has 0 fully saturated rings. The monoisotopic (exact) mass is 295 g/mol. The molecular formula is C16H25NO4. The first-order chi connectivity index (χ1) is 10.2. The van der Waals surface area contributed by atoms with Gasteiger partial charge in [-0.15, -0.1) is 0 Å². The summed E-state index contributed by atoms with van der Waals surface area (Å²) in [6, 6.07) is 5.51. The molecule has 5 heteroatoms. The van der Waals surface area contributed by atoms with Crippen LogP contribution in [0.25, 0.3) is 0 Å². The van der Waals surface area contributed by atoms with Crippen molar-refractivity contribution in [1.82, 2.24) is 5.32 Å². The Morgan fingerprint density at radius 1 is 1.19 bits per heavy atom. The summed E-state index contributed by atoms with van der Waals surface area (Å²) in [6.07, 6.45) is 2.43. The van der Waals surface area contributed by atoms with Gasteiger partial charge in [-0.05, 0) is 43.0 Å². The first kappa shape index (κ1) is 16.1. The molecule has 0 saturated carbocycles. The second-order valence-electron chi connectivity index (χ2n) is 5.45. The fourth-order valence-electron chi connectivity index (χ4n) is 2.60. The molecule has 0 spiro atoms. The van der Waals surface area contributed by atoms with Gasteiger partial charge < -0.3 is 25.0 Å². The lowest BCUT2D eigenvalue weighted by atomic mass is 10.00. The molecule has 21 heavy (non-hydrogen) atoms. The number of rotatable bonds is 9. The second kappa shape index (κ2) is 8.22. The molecule has 0 aliphatic carbocycles. The molecule has 1 aliphatic rings. The summed E-state index contributed by atoms with van der Waals surface area (Å²) in [6.45, 7) is 3.91. The maximum Gasteiger partial charge on any atom is 0.231 e. The van der Waals surface area contributed by atoms with Gasteiger partial charge in [0.2, 0.25) is 6.79 Å². The quantitative estimate of drug-likeness (QED) is 0.648. The third-order valence-electron chi connectivity index (χ3n) is 3.79. The van der Waals surface area contributed by atoms with Crippen LogP contribution >= 0.6 is 0 Å². The lowest BCUT2D eigenvalue weighted by Crippen LogP contribution is -2.28. The largest absolute Gasteiger partial charge is 0.454 e. The zero-order valence-corrected chi connectivity index (χ0v) is 12.5. The van der Waals surface area contributed by atoms with Crippen molar-refractivity contribution < 1.29 is 19.7 Å². The molecule has 1 aromatic carbocycles. The summed E-state index contributed by atoms with van der Waals surface area (Å²) in [7, 11) is 0. The van der Waals surface area contributed by atoms with Gasteiger partial charge in [-0.3, -0.25) is 0 Å². The Bertz CT molecular complexity index is 432. The Morgan fingerprint density at radius 3 is 2.76 bits per heavy atom. The van der Waals surface area contributed by atoms with Crippen molar-refractivity contribution in [2.24, 2.45) is 5.92 Å². The molecule has 0 saturated heterocycles. The van der Waals surface area contributed by atoms with Crippen LogP contribution < -0.4 is 14.8 Å². The van der Waals surface area contributed by atoms with Crippen LogP contribution in [0.4, 0.5) is 0 Å². The molecule has 1 aliphatic heterocycles. The van der Waals surface area contributed by atoms with Crippen molar-refractivity contribution >= 4 is 0 Å². The predicted octanol–water partition coefficient (Wildman–Crippen LogP) is 1.84. The fraction of sp³-hybridized carbons (Fsp3) is 0.625. The van der Waals surface area contributed by atoms with Crippen molar-refractivity contribution in [3.63, 3.8) is 0 Å². The zero-order chi connectivity index (χ0) is 15.1. The molecule has 2 rings (SSSR count). The summed E-state index contributed by atoms with van der Waals surface area (Å²) in [5.41, 5.74) is 0.820. The summed E-state index contributed by atoms with van der Waals surface area (Å²) in [5.74, 6) is 1.88. The Morgan fingerprint density at radius 2 is 2.00 bits per heavy atom. The van der Waals surface area contributed by atoms with Gasteiger partial charge in [0, 0.05) is 13.2 Å². The Balaban J connectivity index is 1.80. The van der Waals surface area contributed by atoms with Crippen LogP contribution in [0, 0.1) is 5.92 Å². The minimum atomic E-state index is -0.573. The van der Waals surface area contributed by atoms with Crippen molar-refractivity contribution in [2.45, 2.75) is 32.3 Å². The molecule has 0 aromatic heterocycles. The average Bonchev–Trinajstić information content (AvgIpc) is 2.95. The number of nitrogens with one attached hydrogen (secondary N) is 1. The van der Waals surface area contributed by atoms with Crippen molar-refractivity contribution in [2.75, 3.05) is 26.5 Å². The molecule has 0 radical (unpaired) electrons. The molecule has 118 valence electrons. The standard InChI is InChI=1S/C16H25NO4/c1-2-3-12(6-7-18)9-17-10-14(19)13-4-5-15-16(8-13)21-11-20-15/h4-5,8,12,14,17-19H,2-3,6-7,9-11H2,1H3. The highest BCUT2D eigenvalue weighted by molar-refractivity contribution is 5.45. The van der Waals surface area contributed by atoms with E-state index >= 15 is 0 Å². The topological polar surface area (TPSA) is 71.0 Å². The van der Waals surface area contributed by atoms with E-state index in [9.17, 15) is 5.11 Å². The molecule has 5 nitrogen and oxygen atoms in total. The van der Waals surface area contributed by atoms with E-state index in [4.69, 9.17) is 14.6 Å². The highest BCUT2D eigenvalue weighted by Gasteiger charge is 2.16. The lowest BCUT2D eigenvalue weighted by molar-refractivity contribution is 0.167.